The van der Waals surface area contributed by atoms with E-state index >= 15 is 0 Å². The summed E-state index contributed by atoms with van der Waals surface area (Å²) >= 11 is 0. The molecule has 0 radical (unpaired) electrons. The van der Waals surface area contributed by atoms with Crippen molar-refractivity contribution in [1.82, 2.24) is 10.2 Å². The van der Waals surface area contributed by atoms with Gasteiger partial charge in [0.1, 0.15) is 0 Å². The molecule has 3 fully saturated rings. The SMILES string of the molecule is CC(CNC(=O)C1CC2CC2C1)N(C)C1CC1. The van der Waals surface area contributed by atoms with Crippen LogP contribution < -0.4 is 5.32 Å². The fourth-order valence-corrected chi connectivity index (χ4v) is 3.31. The number of fused-ring (bicyclic) bond motifs is 1. The van der Waals surface area contributed by atoms with Crippen LogP contribution >= 0.6 is 0 Å². The maximum Gasteiger partial charge on any atom is 0.223 e. The van der Waals surface area contributed by atoms with Crippen molar-refractivity contribution in [3.63, 3.8) is 0 Å². The van der Waals surface area contributed by atoms with Gasteiger partial charge < -0.3 is 5.32 Å². The lowest BCUT2D eigenvalue weighted by Gasteiger charge is -2.25. The molecule has 3 heteroatoms. The summed E-state index contributed by atoms with van der Waals surface area (Å²) in [6, 6.07) is 1.25. The second-order valence-corrected chi connectivity index (χ2v) is 6.42. The molecule has 3 unspecified atom stereocenters. The molecule has 0 saturated heterocycles. The first-order chi connectivity index (χ1) is 8.15. The summed E-state index contributed by atoms with van der Waals surface area (Å²) < 4.78 is 0. The van der Waals surface area contributed by atoms with Crippen molar-refractivity contribution in [2.24, 2.45) is 17.8 Å². The van der Waals surface area contributed by atoms with Crippen LogP contribution in [0.3, 0.4) is 0 Å². The van der Waals surface area contributed by atoms with Crippen molar-refractivity contribution < 1.29 is 4.79 Å². The molecular weight excluding hydrogens is 212 g/mol. The fraction of sp³-hybridized carbons (Fsp3) is 0.929. The largest absolute Gasteiger partial charge is 0.354 e. The Morgan fingerprint density at radius 1 is 1.29 bits per heavy atom. The van der Waals surface area contributed by atoms with Crippen molar-refractivity contribution in [3.05, 3.63) is 0 Å². The molecule has 1 N–H and O–H groups in total. The predicted molar refractivity (Wildman–Crippen MR) is 67.6 cm³/mol. The minimum Gasteiger partial charge on any atom is -0.354 e. The zero-order valence-corrected chi connectivity index (χ0v) is 11.0. The van der Waals surface area contributed by atoms with E-state index < -0.39 is 0 Å². The number of carbonyl (C=O) groups excluding carboxylic acids is 1. The van der Waals surface area contributed by atoms with Gasteiger partial charge in [-0.2, -0.15) is 0 Å². The molecule has 3 saturated carbocycles. The van der Waals surface area contributed by atoms with Gasteiger partial charge in [0.25, 0.3) is 0 Å². The molecule has 0 aromatic carbocycles. The van der Waals surface area contributed by atoms with E-state index in [2.05, 4.69) is 24.2 Å². The molecule has 0 heterocycles. The molecule has 3 aliphatic rings. The third-order valence-corrected chi connectivity index (χ3v) is 5.00. The highest BCUT2D eigenvalue weighted by Gasteiger charge is 2.47. The van der Waals surface area contributed by atoms with Gasteiger partial charge in [0, 0.05) is 24.5 Å². The molecule has 3 aliphatic carbocycles. The van der Waals surface area contributed by atoms with Crippen molar-refractivity contribution in [2.45, 2.75) is 51.1 Å². The van der Waals surface area contributed by atoms with E-state index in [4.69, 9.17) is 0 Å². The third-order valence-electron chi connectivity index (χ3n) is 5.00. The average molecular weight is 236 g/mol. The molecule has 96 valence electrons. The lowest BCUT2D eigenvalue weighted by Crippen LogP contribution is -2.42. The molecule has 0 aromatic rings. The number of rotatable bonds is 5. The highest BCUT2D eigenvalue weighted by molar-refractivity contribution is 5.79. The maximum atomic E-state index is 12.0. The Kier molecular flexibility index (Phi) is 2.89. The number of nitrogens with zero attached hydrogens (tertiary/aromatic N) is 1. The topological polar surface area (TPSA) is 32.3 Å². The number of hydrogen-bond donors (Lipinski definition) is 1. The summed E-state index contributed by atoms with van der Waals surface area (Å²) in [5, 5.41) is 3.15. The maximum absolute atomic E-state index is 12.0. The van der Waals surface area contributed by atoms with Crippen LogP contribution in [0.5, 0.6) is 0 Å². The van der Waals surface area contributed by atoms with Crippen molar-refractivity contribution in [2.75, 3.05) is 13.6 Å². The van der Waals surface area contributed by atoms with Gasteiger partial charge in [0.2, 0.25) is 5.91 Å². The average Bonchev–Trinajstić information content (AvgIpc) is 3.24. The van der Waals surface area contributed by atoms with Gasteiger partial charge in [-0.05, 0) is 57.9 Å². The fourth-order valence-electron chi connectivity index (χ4n) is 3.31. The number of carbonyl (C=O) groups is 1. The zero-order valence-electron chi connectivity index (χ0n) is 11.0. The molecular formula is C14H24N2O. The lowest BCUT2D eigenvalue weighted by atomic mass is 10.0. The van der Waals surface area contributed by atoms with Crippen molar-refractivity contribution in [3.8, 4) is 0 Å². The monoisotopic (exact) mass is 236 g/mol. The molecule has 0 spiro atoms. The first-order valence-corrected chi connectivity index (χ1v) is 7.14. The molecule has 0 aromatic heterocycles. The first kappa shape index (κ1) is 11.5. The summed E-state index contributed by atoms with van der Waals surface area (Å²) in [6.07, 6.45) is 6.37. The van der Waals surface area contributed by atoms with Crippen LogP contribution in [-0.4, -0.2) is 36.5 Å². The zero-order chi connectivity index (χ0) is 12.0. The van der Waals surface area contributed by atoms with Crippen LogP contribution in [0.4, 0.5) is 0 Å². The number of likely N-dealkylation sites (N-methyl/N-ethyl adjacent to an activating group) is 1. The van der Waals surface area contributed by atoms with Gasteiger partial charge >= 0.3 is 0 Å². The first-order valence-electron chi connectivity index (χ1n) is 7.14. The predicted octanol–water partition coefficient (Wildman–Crippen LogP) is 1.63. The van der Waals surface area contributed by atoms with Gasteiger partial charge in [-0.1, -0.05) is 0 Å². The summed E-state index contributed by atoms with van der Waals surface area (Å²) in [6.45, 7) is 3.03. The molecule has 3 nitrogen and oxygen atoms in total. The molecule has 3 atom stereocenters. The van der Waals surface area contributed by atoms with E-state index in [1.54, 1.807) is 0 Å². The van der Waals surface area contributed by atoms with Crippen LogP contribution in [0, 0.1) is 17.8 Å². The van der Waals surface area contributed by atoms with Crippen molar-refractivity contribution >= 4 is 5.91 Å². The summed E-state index contributed by atoms with van der Waals surface area (Å²) in [5.74, 6) is 2.44. The molecule has 3 rings (SSSR count). The minimum absolute atomic E-state index is 0.313. The molecule has 0 aliphatic heterocycles. The number of hydrogen-bond acceptors (Lipinski definition) is 2. The van der Waals surface area contributed by atoms with Gasteiger partial charge in [-0.25, -0.2) is 0 Å². The third kappa shape index (κ3) is 2.49. The van der Waals surface area contributed by atoms with E-state index in [1.165, 1.54) is 19.3 Å². The van der Waals surface area contributed by atoms with E-state index in [1.807, 2.05) is 0 Å². The summed E-state index contributed by atoms with van der Waals surface area (Å²) in [5.41, 5.74) is 0. The van der Waals surface area contributed by atoms with Gasteiger partial charge in [-0.15, -0.1) is 0 Å². The smallest absolute Gasteiger partial charge is 0.223 e. The van der Waals surface area contributed by atoms with E-state index in [0.717, 1.165) is 37.3 Å². The van der Waals surface area contributed by atoms with Gasteiger partial charge in [0.05, 0.1) is 0 Å². The Labute approximate surface area is 104 Å². The molecule has 0 bridgehead atoms. The Morgan fingerprint density at radius 3 is 2.53 bits per heavy atom. The highest BCUT2D eigenvalue weighted by atomic mass is 16.1. The van der Waals surface area contributed by atoms with Crippen LogP contribution in [0.15, 0.2) is 0 Å². The summed E-state index contributed by atoms with van der Waals surface area (Å²) in [7, 11) is 2.18. The van der Waals surface area contributed by atoms with Crippen LogP contribution in [0.25, 0.3) is 0 Å². The van der Waals surface area contributed by atoms with Crippen LogP contribution in [-0.2, 0) is 4.79 Å². The number of amides is 1. The normalized spacial score (nSPS) is 36.8. The van der Waals surface area contributed by atoms with E-state index in [-0.39, 0.29) is 0 Å². The number of nitrogens with one attached hydrogen (secondary N) is 1. The van der Waals surface area contributed by atoms with E-state index in [0.29, 0.717) is 17.9 Å². The lowest BCUT2D eigenvalue weighted by molar-refractivity contribution is -0.125. The Hall–Kier alpha value is -0.570. The Balaban J connectivity index is 1.39. The van der Waals surface area contributed by atoms with Crippen molar-refractivity contribution in [1.29, 1.82) is 0 Å². The van der Waals surface area contributed by atoms with E-state index in [9.17, 15) is 4.79 Å². The second kappa shape index (κ2) is 4.27. The second-order valence-electron chi connectivity index (χ2n) is 6.42. The van der Waals surface area contributed by atoms with Crippen LogP contribution in [0.2, 0.25) is 0 Å². The highest BCUT2D eigenvalue weighted by Crippen LogP contribution is 2.54. The van der Waals surface area contributed by atoms with Crippen LogP contribution in [0.1, 0.15) is 39.0 Å². The minimum atomic E-state index is 0.313. The molecule has 17 heavy (non-hydrogen) atoms. The Morgan fingerprint density at radius 2 is 1.94 bits per heavy atom. The standard InChI is InChI=1S/C14H24N2O/c1-9(16(2)13-3-4-13)8-15-14(17)12-6-10-5-11(10)7-12/h9-13H,3-8H2,1-2H3,(H,15,17). The van der Waals surface area contributed by atoms with Gasteiger partial charge in [-0.3, -0.25) is 9.69 Å². The molecule has 1 amide bonds. The summed E-state index contributed by atoms with van der Waals surface area (Å²) in [4.78, 5) is 14.4. The Bertz CT molecular complexity index is 303. The quantitative estimate of drug-likeness (QED) is 0.787. The van der Waals surface area contributed by atoms with Gasteiger partial charge in [0.15, 0.2) is 0 Å².